The summed E-state index contributed by atoms with van der Waals surface area (Å²) in [5, 5.41) is 0.753. The maximum absolute atomic E-state index is 6.13. The Bertz CT molecular complexity index is 848. The van der Waals surface area contributed by atoms with E-state index in [0.29, 0.717) is 12.5 Å². The second-order valence-electron chi connectivity index (χ2n) is 7.89. The van der Waals surface area contributed by atoms with Crippen molar-refractivity contribution in [3.05, 3.63) is 58.6 Å². The molecule has 0 spiro atoms. The lowest BCUT2D eigenvalue weighted by Gasteiger charge is -2.28. The van der Waals surface area contributed by atoms with E-state index in [0.717, 1.165) is 40.8 Å². The summed E-state index contributed by atoms with van der Waals surface area (Å²) >= 11 is 6.13. The van der Waals surface area contributed by atoms with E-state index in [2.05, 4.69) is 37.9 Å². The molecule has 2 unspecified atom stereocenters. The standard InChI is InChI=1S/C24H31ClN2O2/c1-6-29-22-15-19(28-5)12-13-20(22)24-26-21(14-7-16(2)3)23(27(24)4)17-8-10-18(25)11-9-17/h8-13,15-16,21,23H,6-7,14H2,1-5H3. The van der Waals surface area contributed by atoms with Gasteiger partial charge in [-0.15, -0.1) is 0 Å². The van der Waals surface area contributed by atoms with Crippen LogP contribution in [0.3, 0.4) is 0 Å². The molecule has 0 N–H and O–H groups in total. The van der Waals surface area contributed by atoms with Crippen LogP contribution in [-0.4, -0.2) is 37.5 Å². The summed E-state index contributed by atoms with van der Waals surface area (Å²) in [5.74, 6) is 3.19. The number of aliphatic imine (C=N–C) groups is 1. The molecule has 2 atom stereocenters. The summed E-state index contributed by atoms with van der Waals surface area (Å²) in [5.41, 5.74) is 2.23. The minimum atomic E-state index is 0.178. The first-order valence-electron chi connectivity index (χ1n) is 10.3. The van der Waals surface area contributed by atoms with E-state index in [1.54, 1.807) is 7.11 Å². The molecular formula is C24H31ClN2O2. The zero-order valence-electron chi connectivity index (χ0n) is 18.0. The second-order valence-corrected chi connectivity index (χ2v) is 8.33. The predicted molar refractivity (Wildman–Crippen MR) is 121 cm³/mol. The van der Waals surface area contributed by atoms with Crippen molar-refractivity contribution in [2.75, 3.05) is 20.8 Å². The third-order valence-corrected chi connectivity index (χ3v) is 5.64. The van der Waals surface area contributed by atoms with Crippen molar-refractivity contribution < 1.29 is 9.47 Å². The topological polar surface area (TPSA) is 34.1 Å². The Balaban J connectivity index is 2.00. The number of benzene rings is 2. The van der Waals surface area contributed by atoms with Crippen LogP contribution in [0.4, 0.5) is 0 Å². The van der Waals surface area contributed by atoms with Crippen LogP contribution in [-0.2, 0) is 0 Å². The van der Waals surface area contributed by atoms with Gasteiger partial charge in [0.25, 0.3) is 0 Å². The minimum absolute atomic E-state index is 0.178. The Morgan fingerprint density at radius 3 is 2.48 bits per heavy atom. The Labute approximate surface area is 179 Å². The lowest BCUT2D eigenvalue weighted by Crippen LogP contribution is -2.30. The molecule has 0 saturated carbocycles. The van der Waals surface area contributed by atoms with E-state index in [1.807, 2.05) is 37.3 Å². The van der Waals surface area contributed by atoms with Crippen LogP contribution >= 0.6 is 11.6 Å². The number of ether oxygens (including phenoxy) is 2. The maximum Gasteiger partial charge on any atom is 0.135 e. The number of nitrogens with zero attached hydrogens (tertiary/aromatic N) is 2. The van der Waals surface area contributed by atoms with Gasteiger partial charge in [-0.3, -0.25) is 4.99 Å². The van der Waals surface area contributed by atoms with Gasteiger partial charge in [0.1, 0.15) is 17.3 Å². The summed E-state index contributed by atoms with van der Waals surface area (Å²) in [6.07, 6.45) is 2.18. The zero-order valence-corrected chi connectivity index (χ0v) is 18.7. The Kier molecular flexibility index (Phi) is 7.07. The van der Waals surface area contributed by atoms with Crippen LogP contribution in [0.25, 0.3) is 0 Å². The summed E-state index contributed by atoms with van der Waals surface area (Å²) in [4.78, 5) is 7.46. The molecule has 3 rings (SSSR count). The van der Waals surface area contributed by atoms with Gasteiger partial charge in [-0.25, -0.2) is 0 Å². The maximum atomic E-state index is 6.13. The Morgan fingerprint density at radius 2 is 1.86 bits per heavy atom. The third kappa shape index (κ3) is 4.87. The lowest BCUT2D eigenvalue weighted by molar-refractivity contribution is 0.327. The highest BCUT2D eigenvalue weighted by Gasteiger charge is 2.36. The molecule has 1 aliphatic heterocycles. The second kappa shape index (κ2) is 9.53. The molecule has 2 aromatic carbocycles. The van der Waals surface area contributed by atoms with Crippen molar-refractivity contribution in [3.63, 3.8) is 0 Å². The number of likely N-dealkylation sites (N-methyl/N-ethyl adjacent to an activating group) is 1. The minimum Gasteiger partial charge on any atom is -0.497 e. The number of halogens is 1. The van der Waals surface area contributed by atoms with Crippen molar-refractivity contribution in [3.8, 4) is 11.5 Å². The van der Waals surface area contributed by atoms with Crippen molar-refractivity contribution in [1.29, 1.82) is 0 Å². The predicted octanol–water partition coefficient (Wildman–Crippen LogP) is 5.99. The van der Waals surface area contributed by atoms with Crippen molar-refractivity contribution >= 4 is 17.4 Å². The number of hydrogen-bond acceptors (Lipinski definition) is 4. The fraction of sp³-hybridized carbons (Fsp3) is 0.458. The fourth-order valence-electron chi connectivity index (χ4n) is 3.89. The molecule has 0 saturated heterocycles. The van der Waals surface area contributed by atoms with Gasteiger partial charge in [0.05, 0.1) is 31.4 Å². The van der Waals surface area contributed by atoms with E-state index in [4.69, 9.17) is 26.1 Å². The highest BCUT2D eigenvalue weighted by molar-refractivity contribution is 6.30. The first-order valence-corrected chi connectivity index (χ1v) is 10.7. The molecule has 0 aliphatic carbocycles. The highest BCUT2D eigenvalue weighted by atomic mass is 35.5. The number of hydrogen-bond donors (Lipinski definition) is 0. The number of amidine groups is 1. The first-order chi connectivity index (χ1) is 13.9. The quantitative estimate of drug-likeness (QED) is 0.532. The Hall–Kier alpha value is -2.20. The molecule has 2 aromatic rings. The third-order valence-electron chi connectivity index (χ3n) is 5.38. The first kappa shape index (κ1) is 21.5. The SMILES string of the molecule is CCOc1cc(OC)ccc1C1=NC(CCC(C)C)C(c2ccc(Cl)cc2)N1C. The Morgan fingerprint density at radius 1 is 1.14 bits per heavy atom. The van der Waals surface area contributed by atoms with Crippen LogP contribution in [0.2, 0.25) is 5.02 Å². The molecule has 4 nitrogen and oxygen atoms in total. The number of methoxy groups -OCH3 is 1. The smallest absolute Gasteiger partial charge is 0.135 e. The van der Waals surface area contributed by atoms with E-state index >= 15 is 0 Å². The van der Waals surface area contributed by atoms with Gasteiger partial charge in [0.15, 0.2) is 0 Å². The van der Waals surface area contributed by atoms with Crippen LogP contribution < -0.4 is 9.47 Å². The van der Waals surface area contributed by atoms with Gasteiger partial charge in [0, 0.05) is 18.1 Å². The molecule has 1 aliphatic rings. The van der Waals surface area contributed by atoms with Gasteiger partial charge in [-0.1, -0.05) is 37.6 Å². The summed E-state index contributed by atoms with van der Waals surface area (Å²) < 4.78 is 11.3. The van der Waals surface area contributed by atoms with E-state index in [9.17, 15) is 0 Å². The fourth-order valence-corrected chi connectivity index (χ4v) is 4.02. The van der Waals surface area contributed by atoms with Gasteiger partial charge in [0.2, 0.25) is 0 Å². The molecule has 29 heavy (non-hydrogen) atoms. The van der Waals surface area contributed by atoms with Gasteiger partial charge >= 0.3 is 0 Å². The average molecular weight is 415 g/mol. The normalized spacial score (nSPS) is 18.9. The van der Waals surface area contributed by atoms with E-state index < -0.39 is 0 Å². The van der Waals surface area contributed by atoms with Crippen molar-refractivity contribution in [2.45, 2.75) is 45.7 Å². The van der Waals surface area contributed by atoms with Gasteiger partial charge in [-0.05, 0) is 55.5 Å². The molecule has 0 amide bonds. The lowest BCUT2D eigenvalue weighted by atomic mass is 9.94. The summed E-state index contributed by atoms with van der Waals surface area (Å²) in [6, 6.07) is 14.5. The molecular weight excluding hydrogens is 384 g/mol. The van der Waals surface area contributed by atoms with Gasteiger partial charge < -0.3 is 14.4 Å². The van der Waals surface area contributed by atoms with E-state index in [1.165, 1.54) is 5.56 Å². The van der Waals surface area contributed by atoms with E-state index in [-0.39, 0.29) is 12.1 Å². The molecule has 0 radical (unpaired) electrons. The molecule has 0 aromatic heterocycles. The van der Waals surface area contributed by atoms with Crippen molar-refractivity contribution in [2.24, 2.45) is 10.9 Å². The van der Waals surface area contributed by atoms with Crippen LogP contribution in [0.15, 0.2) is 47.5 Å². The van der Waals surface area contributed by atoms with Crippen LogP contribution in [0.1, 0.15) is 50.8 Å². The average Bonchev–Trinajstić information content (AvgIpc) is 3.03. The molecule has 0 bridgehead atoms. The number of rotatable bonds is 8. The molecule has 156 valence electrons. The van der Waals surface area contributed by atoms with Crippen LogP contribution in [0, 0.1) is 5.92 Å². The highest BCUT2D eigenvalue weighted by Crippen LogP contribution is 2.38. The monoisotopic (exact) mass is 414 g/mol. The summed E-state index contributed by atoms with van der Waals surface area (Å²) in [6.45, 7) is 7.11. The zero-order chi connectivity index (χ0) is 21.0. The largest absolute Gasteiger partial charge is 0.497 e. The van der Waals surface area contributed by atoms with Crippen molar-refractivity contribution in [1.82, 2.24) is 4.90 Å². The molecule has 1 heterocycles. The van der Waals surface area contributed by atoms with Gasteiger partial charge in [-0.2, -0.15) is 0 Å². The molecule has 5 heteroatoms. The van der Waals surface area contributed by atoms with Crippen LogP contribution in [0.5, 0.6) is 11.5 Å². The summed E-state index contributed by atoms with van der Waals surface area (Å²) in [7, 11) is 3.79. The molecule has 0 fully saturated rings.